The van der Waals surface area contributed by atoms with Crippen LogP contribution in [0.15, 0.2) is 18.2 Å². The fraction of sp³-hybridized carbons (Fsp3) is 0.455. The van der Waals surface area contributed by atoms with Crippen LogP contribution in [0.2, 0.25) is 0 Å². The van der Waals surface area contributed by atoms with Gasteiger partial charge < -0.3 is 11.1 Å². The van der Waals surface area contributed by atoms with E-state index < -0.39 is 0 Å². The highest BCUT2D eigenvalue weighted by Gasteiger charge is 1.98. The fourth-order valence-electron chi connectivity index (χ4n) is 1.24. The Balaban J connectivity index is 2.61. The number of rotatable bonds is 4. The Bertz CT molecular complexity index is 269. The van der Waals surface area contributed by atoms with Gasteiger partial charge in [0.05, 0.1) is 0 Å². The Morgan fingerprint density at radius 1 is 1.38 bits per heavy atom. The lowest BCUT2D eigenvalue weighted by Crippen LogP contribution is -2.03. The van der Waals surface area contributed by atoms with Crippen molar-refractivity contribution < 1.29 is 0 Å². The van der Waals surface area contributed by atoms with E-state index in [4.69, 9.17) is 5.73 Å². The lowest BCUT2D eigenvalue weighted by Gasteiger charge is -2.10. The third kappa shape index (κ3) is 2.65. The molecule has 0 amide bonds. The summed E-state index contributed by atoms with van der Waals surface area (Å²) >= 11 is 0. The maximum atomic E-state index is 5.78. The van der Waals surface area contributed by atoms with E-state index in [1.807, 2.05) is 19.1 Å². The molecule has 0 unspecified atom stereocenters. The molecule has 0 atom stereocenters. The molecule has 13 heavy (non-hydrogen) atoms. The van der Waals surface area contributed by atoms with Gasteiger partial charge in [-0.25, -0.2) is 0 Å². The molecule has 1 aromatic rings. The lowest BCUT2D eigenvalue weighted by atomic mass is 10.1. The number of benzene rings is 1. The van der Waals surface area contributed by atoms with Crippen LogP contribution in [0.1, 0.15) is 25.3 Å². The maximum absolute atomic E-state index is 5.78. The van der Waals surface area contributed by atoms with Crippen molar-refractivity contribution >= 4 is 11.4 Å². The minimum absolute atomic E-state index is 0.862. The number of hydrogen-bond donors (Lipinski definition) is 2. The van der Waals surface area contributed by atoms with Gasteiger partial charge in [0, 0.05) is 17.9 Å². The van der Waals surface area contributed by atoms with Gasteiger partial charge in [-0.3, -0.25) is 0 Å². The first-order chi connectivity index (χ1) is 6.25. The van der Waals surface area contributed by atoms with Gasteiger partial charge in [-0.2, -0.15) is 0 Å². The van der Waals surface area contributed by atoms with Gasteiger partial charge in [-0.1, -0.05) is 19.4 Å². The van der Waals surface area contributed by atoms with E-state index >= 15 is 0 Å². The summed E-state index contributed by atoms with van der Waals surface area (Å²) in [6.07, 6.45) is 2.42. The molecule has 0 bridgehead atoms. The zero-order valence-corrected chi connectivity index (χ0v) is 8.43. The van der Waals surface area contributed by atoms with Crippen molar-refractivity contribution in [3.05, 3.63) is 23.8 Å². The molecule has 2 nitrogen and oxygen atoms in total. The molecule has 1 rings (SSSR count). The molecule has 0 spiro atoms. The van der Waals surface area contributed by atoms with Crippen LogP contribution < -0.4 is 11.1 Å². The van der Waals surface area contributed by atoms with Gasteiger partial charge >= 0.3 is 0 Å². The van der Waals surface area contributed by atoms with Crippen molar-refractivity contribution in [2.45, 2.75) is 26.7 Å². The quantitative estimate of drug-likeness (QED) is 0.549. The van der Waals surface area contributed by atoms with Gasteiger partial charge in [-0.05, 0) is 31.0 Å². The van der Waals surface area contributed by atoms with Crippen molar-refractivity contribution in [2.24, 2.45) is 0 Å². The molecule has 2 heteroatoms. The van der Waals surface area contributed by atoms with Crippen molar-refractivity contribution in [2.75, 3.05) is 17.6 Å². The van der Waals surface area contributed by atoms with Crippen molar-refractivity contribution in [1.82, 2.24) is 0 Å². The smallest absolute Gasteiger partial charge is 0.0390 e. The highest BCUT2D eigenvalue weighted by Crippen LogP contribution is 2.20. The Morgan fingerprint density at radius 2 is 2.15 bits per heavy atom. The molecule has 0 fully saturated rings. The number of hydrogen-bond acceptors (Lipinski definition) is 2. The summed E-state index contributed by atoms with van der Waals surface area (Å²) in [6, 6.07) is 5.98. The van der Waals surface area contributed by atoms with E-state index in [0.717, 1.165) is 23.5 Å². The van der Waals surface area contributed by atoms with E-state index in [2.05, 4.69) is 18.3 Å². The summed E-state index contributed by atoms with van der Waals surface area (Å²) in [5, 5.41) is 3.37. The summed E-state index contributed by atoms with van der Waals surface area (Å²) in [5.41, 5.74) is 8.96. The normalized spacial score (nSPS) is 10.0. The van der Waals surface area contributed by atoms with Crippen LogP contribution in [0.25, 0.3) is 0 Å². The largest absolute Gasteiger partial charge is 0.398 e. The predicted molar refractivity (Wildman–Crippen MR) is 59.0 cm³/mol. The highest BCUT2D eigenvalue weighted by molar-refractivity contribution is 5.62. The van der Waals surface area contributed by atoms with Crippen molar-refractivity contribution in [3.63, 3.8) is 0 Å². The molecule has 0 aliphatic rings. The van der Waals surface area contributed by atoms with E-state index in [-0.39, 0.29) is 0 Å². The summed E-state index contributed by atoms with van der Waals surface area (Å²) in [5.74, 6) is 0. The van der Waals surface area contributed by atoms with Crippen LogP contribution in [0.5, 0.6) is 0 Å². The zero-order chi connectivity index (χ0) is 9.68. The Morgan fingerprint density at radius 3 is 2.85 bits per heavy atom. The summed E-state index contributed by atoms with van der Waals surface area (Å²) in [6.45, 7) is 5.26. The second-order valence-electron chi connectivity index (χ2n) is 3.30. The molecule has 3 N–H and O–H groups in total. The first-order valence-electron chi connectivity index (χ1n) is 4.84. The molecule has 72 valence electrons. The molecule has 1 aromatic carbocycles. The molecule has 0 aliphatic heterocycles. The summed E-state index contributed by atoms with van der Waals surface area (Å²) in [7, 11) is 0. The van der Waals surface area contributed by atoms with Crippen LogP contribution in [-0.2, 0) is 0 Å². The third-order valence-corrected chi connectivity index (χ3v) is 2.22. The molecule has 0 aromatic heterocycles. The van der Waals surface area contributed by atoms with Crippen LogP contribution in [-0.4, -0.2) is 6.54 Å². The first-order valence-corrected chi connectivity index (χ1v) is 4.84. The number of nitrogens with two attached hydrogens (primary N) is 1. The zero-order valence-electron chi connectivity index (χ0n) is 8.43. The Kier molecular flexibility index (Phi) is 3.62. The Hall–Kier alpha value is -1.18. The van der Waals surface area contributed by atoms with E-state index in [0.29, 0.717) is 0 Å². The summed E-state index contributed by atoms with van der Waals surface area (Å²) in [4.78, 5) is 0. The average Bonchev–Trinajstić information content (AvgIpc) is 2.13. The molecule has 0 heterocycles. The second-order valence-corrected chi connectivity index (χ2v) is 3.30. The summed E-state index contributed by atoms with van der Waals surface area (Å²) < 4.78 is 0. The second kappa shape index (κ2) is 4.75. The molecule has 0 aliphatic carbocycles. The van der Waals surface area contributed by atoms with Crippen LogP contribution in [0.4, 0.5) is 11.4 Å². The molecule has 0 saturated heterocycles. The number of nitrogen functional groups attached to an aromatic ring is 1. The van der Waals surface area contributed by atoms with Gasteiger partial charge in [-0.15, -0.1) is 0 Å². The van der Waals surface area contributed by atoms with Crippen LogP contribution in [0, 0.1) is 6.92 Å². The minimum atomic E-state index is 0.862. The topological polar surface area (TPSA) is 38.0 Å². The van der Waals surface area contributed by atoms with Gasteiger partial charge in [0.1, 0.15) is 0 Å². The first kappa shape index (κ1) is 9.90. The standard InChI is InChI=1S/C11H18N2/c1-3-4-8-13-11-7-5-6-10(12)9(11)2/h5-7,13H,3-4,8,12H2,1-2H3. The number of unbranched alkanes of at least 4 members (excludes halogenated alkanes) is 1. The monoisotopic (exact) mass is 178 g/mol. The van der Waals surface area contributed by atoms with E-state index in [9.17, 15) is 0 Å². The van der Waals surface area contributed by atoms with Crippen molar-refractivity contribution in [1.29, 1.82) is 0 Å². The van der Waals surface area contributed by atoms with Gasteiger partial charge in [0.25, 0.3) is 0 Å². The fourth-order valence-corrected chi connectivity index (χ4v) is 1.24. The van der Waals surface area contributed by atoms with Crippen LogP contribution in [0.3, 0.4) is 0 Å². The Labute approximate surface area is 80.1 Å². The lowest BCUT2D eigenvalue weighted by molar-refractivity contribution is 0.834. The highest BCUT2D eigenvalue weighted by atomic mass is 14.9. The predicted octanol–water partition coefficient (Wildman–Crippen LogP) is 2.79. The van der Waals surface area contributed by atoms with Crippen LogP contribution >= 0.6 is 0 Å². The maximum Gasteiger partial charge on any atom is 0.0390 e. The number of nitrogens with one attached hydrogen (secondary N) is 1. The average molecular weight is 178 g/mol. The molecule has 0 radical (unpaired) electrons. The van der Waals surface area contributed by atoms with E-state index in [1.165, 1.54) is 12.8 Å². The number of anilines is 2. The minimum Gasteiger partial charge on any atom is -0.398 e. The third-order valence-electron chi connectivity index (χ3n) is 2.22. The van der Waals surface area contributed by atoms with E-state index in [1.54, 1.807) is 0 Å². The molecular weight excluding hydrogens is 160 g/mol. The van der Waals surface area contributed by atoms with Gasteiger partial charge in [0.15, 0.2) is 0 Å². The SMILES string of the molecule is CCCCNc1cccc(N)c1C. The van der Waals surface area contributed by atoms with Crippen molar-refractivity contribution in [3.8, 4) is 0 Å². The molecular formula is C11H18N2. The van der Waals surface area contributed by atoms with Gasteiger partial charge in [0.2, 0.25) is 0 Å². The molecule has 0 saturated carbocycles.